The van der Waals surface area contributed by atoms with E-state index in [2.05, 4.69) is 20.8 Å². The second-order valence-corrected chi connectivity index (χ2v) is 11.7. The zero-order valence-electron chi connectivity index (χ0n) is 17.4. The molecular weight excluding hydrogens is 419 g/mol. The summed E-state index contributed by atoms with van der Waals surface area (Å²) >= 11 is -0.222. The molecule has 0 heterocycles. The van der Waals surface area contributed by atoms with Crippen molar-refractivity contribution in [3.8, 4) is 0 Å². The van der Waals surface area contributed by atoms with E-state index in [0.29, 0.717) is 17.3 Å². The Kier molecular flexibility index (Phi) is 5.89. The van der Waals surface area contributed by atoms with Crippen molar-refractivity contribution in [1.82, 2.24) is 0 Å². The van der Waals surface area contributed by atoms with Gasteiger partial charge in [-0.05, 0) is 0 Å². The minimum absolute atomic E-state index is 0.0275. The van der Waals surface area contributed by atoms with E-state index >= 15 is 0 Å². The van der Waals surface area contributed by atoms with E-state index in [4.69, 9.17) is 4.74 Å². The number of fused-ring (bicyclic) bond motifs is 2. The zero-order chi connectivity index (χ0) is 20.7. The van der Waals surface area contributed by atoms with Crippen molar-refractivity contribution < 1.29 is 19.1 Å². The molecule has 1 aromatic rings. The summed E-state index contributed by atoms with van der Waals surface area (Å²) in [6.45, 7) is 8.44. The summed E-state index contributed by atoms with van der Waals surface area (Å²) in [5.74, 6) is 0.248. The molecule has 0 saturated heterocycles. The fourth-order valence-corrected chi connectivity index (χ4v) is 9.06. The molecule has 1 aromatic carbocycles. The summed E-state index contributed by atoms with van der Waals surface area (Å²) in [6.07, 6.45) is 2.28. The Morgan fingerprint density at radius 3 is 2.39 bits per heavy atom. The van der Waals surface area contributed by atoms with Gasteiger partial charge in [0.05, 0.1) is 0 Å². The Labute approximate surface area is 174 Å². The number of hydrogen-bond acceptors (Lipinski definition) is 4. The van der Waals surface area contributed by atoms with Gasteiger partial charge in [-0.3, -0.25) is 0 Å². The van der Waals surface area contributed by atoms with Crippen LogP contribution in [-0.4, -0.2) is 39.6 Å². The maximum absolute atomic E-state index is 13.2. The standard InChI is InChI=1S/C23H30O4Se/c1-14(13-17(24)15-9-7-6-8-10-15)18(21(26)27-5)28-19-16-11-12-23(4,20(19)25)22(16,2)3/h6-10,14,16,18-19H,11-13H2,1-5H3/t14-,16-,18+,19+,23+/m1/s1. The average Bonchev–Trinajstić information content (AvgIpc) is 2.99. The van der Waals surface area contributed by atoms with Gasteiger partial charge in [-0.2, -0.15) is 0 Å². The van der Waals surface area contributed by atoms with E-state index in [-0.39, 0.29) is 59.5 Å². The predicted octanol–water partition coefficient (Wildman–Crippen LogP) is 4.37. The number of benzene rings is 1. The number of ether oxygens (including phenoxy) is 1. The summed E-state index contributed by atoms with van der Waals surface area (Å²) in [5, 5.41) is 0. The molecule has 0 radical (unpaired) electrons. The molecule has 28 heavy (non-hydrogen) atoms. The Balaban J connectivity index is 1.77. The molecule has 5 heteroatoms. The van der Waals surface area contributed by atoms with Gasteiger partial charge in [0, 0.05) is 0 Å². The summed E-state index contributed by atoms with van der Waals surface area (Å²) in [6, 6.07) is 9.17. The van der Waals surface area contributed by atoms with Crippen molar-refractivity contribution in [2.24, 2.45) is 22.7 Å². The first-order valence-electron chi connectivity index (χ1n) is 9.99. The molecule has 2 aliphatic carbocycles. The fourth-order valence-electron chi connectivity index (χ4n) is 5.00. The Morgan fingerprint density at radius 1 is 1.21 bits per heavy atom. The van der Waals surface area contributed by atoms with Crippen LogP contribution in [0.2, 0.25) is 9.63 Å². The summed E-state index contributed by atoms with van der Waals surface area (Å²) in [5.41, 5.74) is 0.351. The number of carbonyl (C=O) groups is 3. The zero-order valence-corrected chi connectivity index (χ0v) is 19.1. The van der Waals surface area contributed by atoms with Crippen LogP contribution in [0, 0.1) is 22.7 Å². The van der Waals surface area contributed by atoms with Gasteiger partial charge in [0.1, 0.15) is 0 Å². The normalized spacial score (nSPS) is 30.1. The molecule has 2 fully saturated rings. The third-order valence-electron chi connectivity index (χ3n) is 7.32. The van der Waals surface area contributed by atoms with Crippen LogP contribution >= 0.6 is 0 Å². The fraction of sp³-hybridized carbons (Fsp3) is 0.609. The van der Waals surface area contributed by atoms with E-state index in [1.165, 1.54) is 7.11 Å². The van der Waals surface area contributed by atoms with Crippen molar-refractivity contribution in [3.63, 3.8) is 0 Å². The van der Waals surface area contributed by atoms with Gasteiger partial charge in [0.2, 0.25) is 0 Å². The van der Waals surface area contributed by atoms with E-state index in [9.17, 15) is 14.4 Å². The number of hydrogen-bond donors (Lipinski definition) is 0. The minimum atomic E-state index is -0.377. The van der Waals surface area contributed by atoms with Gasteiger partial charge >= 0.3 is 174 Å². The molecule has 3 rings (SSSR count). The van der Waals surface area contributed by atoms with Crippen LogP contribution in [0.1, 0.15) is 57.3 Å². The molecule has 0 N–H and O–H groups in total. The maximum atomic E-state index is 13.2. The van der Waals surface area contributed by atoms with Crippen LogP contribution in [0.5, 0.6) is 0 Å². The van der Waals surface area contributed by atoms with Crippen LogP contribution in [-0.2, 0) is 14.3 Å². The Bertz CT molecular complexity index is 772. The average molecular weight is 449 g/mol. The summed E-state index contributed by atoms with van der Waals surface area (Å²) < 4.78 is 5.08. The van der Waals surface area contributed by atoms with Gasteiger partial charge in [0.25, 0.3) is 0 Å². The predicted molar refractivity (Wildman–Crippen MR) is 109 cm³/mol. The molecule has 4 nitrogen and oxygen atoms in total. The number of esters is 1. The quantitative estimate of drug-likeness (QED) is 0.352. The first-order valence-corrected chi connectivity index (χ1v) is 12.0. The molecule has 2 saturated carbocycles. The van der Waals surface area contributed by atoms with Crippen molar-refractivity contribution in [2.75, 3.05) is 7.11 Å². The molecule has 0 aliphatic heterocycles. The van der Waals surface area contributed by atoms with Gasteiger partial charge in [-0.25, -0.2) is 0 Å². The van der Waals surface area contributed by atoms with Crippen molar-refractivity contribution >= 4 is 32.5 Å². The van der Waals surface area contributed by atoms with Crippen LogP contribution in [0.25, 0.3) is 0 Å². The van der Waals surface area contributed by atoms with E-state index in [0.717, 1.165) is 12.8 Å². The molecule has 2 bridgehead atoms. The topological polar surface area (TPSA) is 60.4 Å². The number of methoxy groups -OCH3 is 1. The Hall–Kier alpha value is -1.45. The van der Waals surface area contributed by atoms with E-state index in [1.807, 2.05) is 25.1 Å². The molecule has 0 unspecified atom stereocenters. The van der Waals surface area contributed by atoms with E-state index in [1.54, 1.807) is 12.1 Å². The van der Waals surface area contributed by atoms with Crippen LogP contribution in [0.4, 0.5) is 0 Å². The Morgan fingerprint density at radius 2 is 1.86 bits per heavy atom. The molecule has 0 aromatic heterocycles. The van der Waals surface area contributed by atoms with Crippen molar-refractivity contribution in [2.45, 2.75) is 56.6 Å². The number of rotatable bonds is 7. The second-order valence-electron chi connectivity index (χ2n) is 9.03. The summed E-state index contributed by atoms with van der Waals surface area (Å²) in [7, 11) is 1.39. The van der Waals surface area contributed by atoms with Crippen LogP contribution < -0.4 is 0 Å². The monoisotopic (exact) mass is 450 g/mol. The van der Waals surface area contributed by atoms with Crippen molar-refractivity contribution in [3.05, 3.63) is 35.9 Å². The van der Waals surface area contributed by atoms with Crippen LogP contribution in [0.3, 0.4) is 0 Å². The molecule has 152 valence electrons. The number of carbonyl (C=O) groups excluding carboxylic acids is 3. The van der Waals surface area contributed by atoms with Gasteiger partial charge in [0.15, 0.2) is 0 Å². The third kappa shape index (κ3) is 3.37. The van der Waals surface area contributed by atoms with E-state index < -0.39 is 0 Å². The third-order valence-corrected chi connectivity index (χ3v) is 11.1. The number of Topliss-reactive ketones (excluding diaryl/α,β-unsaturated/α-hetero) is 2. The molecule has 5 atom stereocenters. The number of ketones is 2. The van der Waals surface area contributed by atoms with Gasteiger partial charge in [-0.15, -0.1) is 0 Å². The summed E-state index contributed by atoms with van der Waals surface area (Å²) in [4.78, 5) is 38.0. The molecule has 0 amide bonds. The molecule has 2 aliphatic rings. The van der Waals surface area contributed by atoms with Gasteiger partial charge < -0.3 is 0 Å². The second kappa shape index (κ2) is 7.76. The van der Waals surface area contributed by atoms with Gasteiger partial charge in [-0.1, -0.05) is 0 Å². The molecular formula is C23H30O4Se. The first-order chi connectivity index (χ1) is 13.1. The molecule has 0 spiro atoms. The van der Waals surface area contributed by atoms with Crippen LogP contribution in [0.15, 0.2) is 30.3 Å². The first kappa shape index (κ1) is 21.3. The van der Waals surface area contributed by atoms with Crippen molar-refractivity contribution in [1.29, 1.82) is 0 Å². The SMILES string of the molecule is COC(=O)[C@@H]([Se][C@@H]1C(=O)[C@]2(C)CC[C@H]1C2(C)C)[C@H](C)CC(=O)c1ccccc1.